The fourth-order valence-electron chi connectivity index (χ4n) is 6.61. The number of rotatable bonds is 10. The molecule has 0 spiro atoms. The number of aromatic nitrogens is 1. The summed E-state index contributed by atoms with van der Waals surface area (Å²) in [6.45, 7) is 3.89. The predicted molar refractivity (Wildman–Crippen MR) is 196 cm³/mol. The molecule has 0 radical (unpaired) electrons. The van der Waals surface area contributed by atoms with Crippen molar-refractivity contribution in [3.05, 3.63) is 65.9 Å². The number of hydrogen-bond acceptors (Lipinski definition) is 7. The predicted octanol–water partition coefficient (Wildman–Crippen LogP) is 2.63. The summed E-state index contributed by atoms with van der Waals surface area (Å²) in [5, 5.41) is 12.4. The summed E-state index contributed by atoms with van der Waals surface area (Å²) in [6, 6.07) is 12.0. The van der Waals surface area contributed by atoms with Crippen molar-refractivity contribution in [1.29, 1.82) is 0 Å². The number of amides is 5. The topological polar surface area (TPSA) is 171 Å². The van der Waals surface area contributed by atoms with Crippen LogP contribution in [0.5, 0.6) is 5.75 Å². The summed E-state index contributed by atoms with van der Waals surface area (Å²) >= 11 is 0. The molecule has 13 nitrogen and oxygen atoms in total. The van der Waals surface area contributed by atoms with E-state index in [1.807, 2.05) is 56.4 Å². The molecule has 1 aromatic heterocycles. The van der Waals surface area contributed by atoms with E-state index < -0.39 is 35.8 Å². The molecule has 1 aliphatic carbocycles. The van der Waals surface area contributed by atoms with Gasteiger partial charge in [-0.15, -0.1) is 0 Å². The smallest absolute Gasteiger partial charge is 0.246 e. The number of fused-ring (bicyclic) bond motifs is 18. The Morgan fingerprint density at radius 3 is 2.50 bits per heavy atom. The van der Waals surface area contributed by atoms with E-state index >= 15 is 0 Å². The third-order valence-electron chi connectivity index (χ3n) is 9.88. The van der Waals surface area contributed by atoms with Gasteiger partial charge in [0.2, 0.25) is 29.5 Å². The lowest BCUT2D eigenvalue weighted by atomic mass is 9.82. The van der Waals surface area contributed by atoms with Crippen LogP contribution in [0.3, 0.4) is 0 Å². The van der Waals surface area contributed by atoms with Gasteiger partial charge in [-0.2, -0.15) is 0 Å². The maximum atomic E-state index is 14.5. The number of nitrogens with one attached hydrogen (secondary N) is 5. The Morgan fingerprint density at radius 1 is 1.02 bits per heavy atom. The van der Waals surface area contributed by atoms with Gasteiger partial charge in [-0.05, 0) is 47.6 Å². The van der Waals surface area contributed by atoms with Gasteiger partial charge in [0.25, 0.3) is 0 Å². The second-order valence-corrected chi connectivity index (χ2v) is 14.1. The molecule has 52 heavy (non-hydrogen) atoms. The summed E-state index contributed by atoms with van der Waals surface area (Å²) < 4.78 is 11.1. The molecule has 3 atom stereocenters. The van der Waals surface area contributed by atoms with Crippen LogP contribution in [-0.2, 0) is 41.6 Å². The first-order valence-corrected chi connectivity index (χ1v) is 18.3. The van der Waals surface area contributed by atoms with E-state index in [0.29, 0.717) is 18.1 Å². The molecule has 6 rings (SSSR count). The Morgan fingerprint density at radius 2 is 1.79 bits per heavy atom. The molecule has 5 amide bonds. The standard InChI is InChI=1S/C39H52N6O7/c1-25(2)36-38(49)40-17-19-52-29-14-11-27(12-15-29)21-32(42-34(46)16-13-26-7-6-8-26)37(48)43-33(22-28-23-41-31-10-5-4-9-30(28)31)39(50)45(18-20-51-3)24-35(47)44-36/h4-5,9-12,14-15,23,25-26,32-33,36,41H,6-8,13,16-22,24H2,1-3H3,(H,40,49)(H,42,46)(H,43,48)(H,44,47)/t32-,33-,36-/m0/s1. The van der Waals surface area contributed by atoms with E-state index in [1.165, 1.54) is 18.4 Å². The average molecular weight is 717 g/mol. The van der Waals surface area contributed by atoms with Gasteiger partial charge in [0.05, 0.1) is 19.7 Å². The third-order valence-corrected chi connectivity index (χ3v) is 9.88. The molecule has 0 saturated heterocycles. The van der Waals surface area contributed by atoms with Crippen molar-refractivity contribution in [2.75, 3.05) is 40.0 Å². The molecule has 0 unspecified atom stereocenters. The Hall–Kier alpha value is -4.91. The number of benzene rings is 2. The quantitative estimate of drug-likeness (QED) is 0.201. The highest BCUT2D eigenvalue weighted by Gasteiger charge is 2.33. The third kappa shape index (κ3) is 10.6. The minimum atomic E-state index is -1.10. The van der Waals surface area contributed by atoms with E-state index in [1.54, 1.807) is 12.1 Å². The summed E-state index contributed by atoms with van der Waals surface area (Å²) in [5.41, 5.74) is 2.46. The molecule has 2 aromatic carbocycles. The molecule has 3 aliphatic rings. The SMILES string of the molecule is COCCN1CC(=O)N[C@@H](C(C)C)C(=O)NCCOc2ccc(cc2)C[C@H](NC(=O)CCC2CCC2)C(=O)N[C@@H](Cc2c[nH]c3ccccc23)C1=O. The molecule has 5 N–H and O–H groups in total. The highest BCUT2D eigenvalue weighted by molar-refractivity contribution is 5.95. The van der Waals surface area contributed by atoms with E-state index in [0.717, 1.165) is 41.3 Å². The average Bonchev–Trinajstić information content (AvgIpc) is 3.51. The first-order chi connectivity index (χ1) is 25.1. The van der Waals surface area contributed by atoms with Crippen molar-refractivity contribution >= 4 is 40.4 Å². The van der Waals surface area contributed by atoms with E-state index in [-0.39, 0.29) is 63.4 Å². The first-order valence-electron chi connectivity index (χ1n) is 18.3. The van der Waals surface area contributed by atoms with Crippen molar-refractivity contribution < 1.29 is 33.4 Å². The first kappa shape index (κ1) is 38.3. The van der Waals surface area contributed by atoms with Crippen LogP contribution in [0, 0.1) is 11.8 Å². The van der Waals surface area contributed by atoms with Crippen molar-refractivity contribution in [3.8, 4) is 5.75 Å². The van der Waals surface area contributed by atoms with Crippen LogP contribution in [0.1, 0.15) is 57.1 Å². The summed E-state index contributed by atoms with van der Waals surface area (Å²) in [6.07, 6.45) is 6.59. The zero-order valence-corrected chi connectivity index (χ0v) is 30.4. The molecule has 3 heterocycles. The lowest BCUT2D eigenvalue weighted by Crippen LogP contribution is -2.58. The van der Waals surface area contributed by atoms with Crippen LogP contribution < -0.4 is 26.0 Å². The fourth-order valence-corrected chi connectivity index (χ4v) is 6.61. The molecule has 1 saturated carbocycles. The molecule has 13 heteroatoms. The van der Waals surface area contributed by atoms with E-state index in [2.05, 4.69) is 26.3 Å². The molecular formula is C39H52N6O7. The summed E-state index contributed by atoms with van der Waals surface area (Å²) in [5.74, 6) is -1.26. The van der Waals surface area contributed by atoms with Gasteiger partial charge in [0, 0.05) is 50.0 Å². The van der Waals surface area contributed by atoms with Gasteiger partial charge >= 0.3 is 0 Å². The van der Waals surface area contributed by atoms with E-state index in [4.69, 9.17) is 9.47 Å². The van der Waals surface area contributed by atoms with Crippen LogP contribution in [0.2, 0.25) is 0 Å². The van der Waals surface area contributed by atoms with Crippen LogP contribution in [0.4, 0.5) is 0 Å². The number of methoxy groups -OCH3 is 1. The number of nitrogens with zero attached hydrogens (tertiary/aromatic N) is 1. The minimum Gasteiger partial charge on any atom is -0.492 e. The van der Waals surface area contributed by atoms with Crippen molar-refractivity contribution in [2.24, 2.45) is 11.8 Å². The normalized spacial score (nSPS) is 21.2. The number of ether oxygens (including phenoxy) is 2. The van der Waals surface area contributed by atoms with Crippen molar-refractivity contribution in [1.82, 2.24) is 31.2 Å². The molecule has 280 valence electrons. The second-order valence-electron chi connectivity index (χ2n) is 14.1. The Labute approximate surface area is 304 Å². The monoisotopic (exact) mass is 716 g/mol. The van der Waals surface area contributed by atoms with Crippen molar-refractivity contribution in [3.63, 3.8) is 0 Å². The molecular weight excluding hydrogens is 664 g/mol. The number of H-pyrrole nitrogens is 1. The lowest BCUT2D eigenvalue weighted by Gasteiger charge is -2.30. The molecule has 2 bridgehead atoms. The Balaban J connectivity index is 1.47. The number of hydrogen-bond donors (Lipinski definition) is 5. The summed E-state index contributed by atoms with van der Waals surface area (Å²) in [7, 11) is 1.50. The summed E-state index contributed by atoms with van der Waals surface area (Å²) in [4.78, 5) is 73.1. The van der Waals surface area contributed by atoms with Gasteiger partial charge in [-0.25, -0.2) is 0 Å². The minimum absolute atomic E-state index is 0.0621. The van der Waals surface area contributed by atoms with Gasteiger partial charge in [-0.3, -0.25) is 24.0 Å². The molecule has 3 aromatic rings. The van der Waals surface area contributed by atoms with Crippen LogP contribution in [0.15, 0.2) is 54.7 Å². The second kappa shape index (κ2) is 18.5. The zero-order chi connectivity index (χ0) is 37.0. The Bertz CT molecular complexity index is 1690. The highest BCUT2D eigenvalue weighted by atomic mass is 16.5. The molecule has 2 aliphatic heterocycles. The van der Waals surface area contributed by atoms with E-state index in [9.17, 15) is 24.0 Å². The van der Waals surface area contributed by atoms with Crippen LogP contribution >= 0.6 is 0 Å². The largest absolute Gasteiger partial charge is 0.492 e. The van der Waals surface area contributed by atoms with Gasteiger partial charge < -0.3 is 40.6 Å². The van der Waals surface area contributed by atoms with Crippen molar-refractivity contribution in [2.45, 2.75) is 76.9 Å². The number of para-hydroxylation sites is 1. The van der Waals surface area contributed by atoms with Gasteiger partial charge in [0.1, 0.15) is 30.5 Å². The fraction of sp³-hybridized carbons (Fsp3) is 0.513. The zero-order valence-electron chi connectivity index (χ0n) is 30.4. The maximum absolute atomic E-state index is 14.5. The highest BCUT2D eigenvalue weighted by Crippen LogP contribution is 2.30. The maximum Gasteiger partial charge on any atom is 0.246 e. The number of carbonyl (C=O) groups excluding carboxylic acids is 5. The molecule has 1 fully saturated rings. The van der Waals surface area contributed by atoms with Gasteiger partial charge in [0.15, 0.2) is 0 Å². The van der Waals surface area contributed by atoms with Crippen LogP contribution in [0.25, 0.3) is 10.9 Å². The lowest BCUT2D eigenvalue weighted by molar-refractivity contribution is -0.141. The number of carbonyl (C=O) groups is 5. The number of aromatic amines is 1. The Kier molecular flexibility index (Phi) is 13.7. The van der Waals surface area contributed by atoms with Gasteiger partial charge in [-0.1, -0.05) is 63.4 Å². The van der Waals surface area contributed by atoms with Crippen LogP contribution in [-0.4, -0.2) is 97.5 Å².